The van der Waals surface area contributed by atoms with Gasteiger partial charge in [-0.15, -0.1) is 0 Å². The molecular weight excluding hydrogens is 271 g/mol. The van der Waals surface area contributed by atoms with Crippen LogP contribution in [0.5, 0.6) is 0 Å². The highest BCUT2D eigenvalue weighted by Gasteiger charge is 2.09. The van der Waals surface area contributed by atoms with Gasteiger partial charge in [0, 0.05) is 18.2 Å². The SMILES string of the molecule is CC(NCCc1ccccc1F)c1ccc([N+](=O)[O-])cc1. The smallest absolute Gasteiger partial charge is 0.269 e. The van der Waals surface area contributed by atoms with Crippen molar-refractivity contribution in [2.45, 2.75) is 19.4 Å². The molecule has 0 aliphatic heterocycles. The maximum absolute atomic E-state index is 13.5. The van der Waals surface area contributed by atoms with E-state index in [1.54, 1.807) is 24.3 Å². The lowest BCUT2D eigenvalue weighted by Crippen LogP contribution is -2.21. The molecule has 0 bridgehead atoms. The first-order valence-corrected chi connectivity index (χ1v) is 6.79. The van der Waals surface area contributed by atoms with E-state index in [0.29, 0.717) is 18.5 Å². The summed E-state index contributed by atoms with van der Waals surface area (Å²) in [5.74, 6) is -0.192. The zero-order valence-corrected chi connectivity index (χ0v) is 11.8. The third-order valence-electron chi connectivity index (χ3n) is 3.41. The summed E-state index contributed by atoms with van der Waals surface area (Å²) < 4.78 is 13.5. The molecule has 0 saturated heterocycles. The van der Waals surface area contributed by atoms with Crippen LogP contribution in [0, 0.1) is 15.9 Å². The Bertz CT molecular complexity index is 614. The number of nitrogens with zero attached hydrogens (tertiary/aromatic N) is 1. The van der Waals surface area contributed by atoms with E-state index in [1.165, 1.54) is 18.2 Å². The molecule has 2 aromatic rings. The second kappa shape index (κ2) is 6.95. The van der Waals surface area contributed by atoms with E-state index >= 15 is 0 Å². The van der Waals surface area contributed by atoms with Gasteiger partial charge >= 0.3 is 0 Å². The Kier molecular flexibility index (Phi) is 5.00. The maximum atomic E-state index is 13.5. The summed E-state index contributed by atoms with van der Waals surface area (Å²) in [7, 11) is 0. The van der Waals surface area contributed by atoms with Crippen LogP contribution in [0.1, 0.15) is 24.1 Å². The molecule has 4 nitrogen and oxygen atoms in total. The third-order valence-corrected chi connectivity index (χ3v) is 3.41. The summed E-state index contributed by atoms with van der Waals surface area (Å²) in [5, 5.41) is 13.9. The van der Waals surface area contributed by atoms with Gasteiger partial charge in [0.25, 0.3) is 5.69 Å². The monoisotopic (exact) mass is 288 g/mol. The fourth-order valence-corrected chi connectivity index (χ4v) is 2.13. The first-order chi connectivity index (χ1) is 10.1. The minimum atomic E-state index is -0.417. The van der Waals surface area contributed by atoms with Crippen molar-refractivity contribution in [1.29, 1.82) is 0 Å². The van der Waals surface area contributed by atoms with Gasteiger partial charge in [0.05, 0.1) is 4.92 Å². The van der Waals surface area contributed by atoms with Crippen molar-refractivity contribution in [2.75, 3.05) is 6.54 Å². The summed E-state index contributed by atoms with van der Waals surface area (Å²) in [6.07, 6.45) is 0.601. The summed E-state index contributed by atoms with van der Waals surface area (Å²) in [5.41, 5.74) is 1.73. The molecule has 0 saturated carbocycles. The van der Waals surface area contributed by atoms with Gasteiger partial charge in [0.1, 0.15) is 5.82 Å². The summed E-state index contributed by atoms with van der Waals surface area (Å²) in [4.78, 5) is 10.2. The molecule has 0 radical (unpaired) electrons. The molecular formula is C16H17FN2O2. The van der Waals surface area contributed by atoms with Gasteiger partial charge in [0.15, 0.2) is 0 Å². The van der Waals surface area contributed by atoms with Crippen molar-refractivity contribution in [3.8, 4) is 0 Å². The predicted molar refractivity (Wildman–Crippen MR) is 79.6 cm³/mol. The fraction of sp³-hybridized carbons (Fsp3) is 0.250. The molecule has 0 aliphatic carbocycles. The Morgan fingerprint density at radius 2 is 1.86 bits per heavy atom. The number of halogens is 1. The van der Waals surface area contributed by atoms with Crippen LogP contribution in [-0.4, -0.2) is 11.5 Å². The molecule has 2 rings (SSSR count). The maximum Gasteiger partial charge on any atom is 0.269 e. The van der Waals surface area contributed by atoms with E-state index in [4.69, 9.17) is 0 Å². The number of hydrogen-bond acceptors (Lipinski definition) is 3. The second-order valence-corrected chi connectivity index (χ2v) is 4.87. The Morgan fingerprint density at radius 3 is 2.48 bits per heavy atom. The molecule has 0 spiro atoms. The molecule has 0 amide bonds. The van der Waals surface area contributed by atoms with Crippen molar-refractivity contribution < 1.29 is 9.31 Å². The molecule has 0 heterocycles. The van der Waals surface area contributed by atoms with Crippen LogP contribution in [0.4, 0.5) is 10.1 Å². The van der Waals surface area contributed by atoms with Crippen molar-refractivity contribution in [1.82, 2.24) is 5.32 Å². The lowest BCUT2D eigenvalue weighted by atomic mass is 10.1. The molecule has 0 aromatic heterocycles. The van der Waals surface area contributed by atoms with Gasteiger partial charge in [-0.1, -0.05) is 30.3 Å². The number of nitro groups is 1. The molecule has 2 aromatic carbocycles. The van der Waals surface area contributed by atoms with E-state index < -0.39 is 4.92 Å². The lowest BCUT2D eigenvalue weighted by Gasteiger charge is -2.14. The van der Waals surface area contributed by atoms with Crippen LogP contribution < -0.4 is 5.32 Å². The van der Waals surface area contributed by atoms with Crippen LogP contribution >= 0.6 is 0 Å². The largest absolute Gasteiger partial charge is 0.310 e. The zero-order chi connectivity index (χ0) is 15.2. The highest BCUT2D eigenvalue weighted by atomic mass is 19.1. The quantitative estimate of drug-likeness (QED) is 0.652. The summed E-state index contributed by atoms with van der Waals surface area (Å²) >= 11 is 0. The van der Waals surface area contributed by atoms with Crippen molar-refractivity contribution >= 4 is 5.69 Å². The number of hydrogen-bond donors (Lipinski definition) is 1. The van der Waals surface area contributed by atoms with Gasteiger partial charge in [-0.05, 0) is 37.1 Å². The number of nitro benzene ring substituents is 1. The van der Waals surface area contributed by atoms with Gasteiger partial charge in [-0.3, -0.25) is 10.1 Å². The average Bonchev–Trinajstić information content (AvgIpc) is 2.49. The number of nitrogens with one attached hydrogen (secondary N) is 1. The Morgan fingerprint density at radius 1 is 1.19 bits per heavy atom. The highest BCUT2D eigenvalue weighted by molar-refractivity contribution is 5.34. The van der Waals surface area contributed by atoms with Crippen LogP contribution in [-0.2, 0) is 6.42 Å². The van der Waals surface area contributed by atoms with Crippen LogP contribution in [0.3, 0.4) is 0 Å². The first-order valence-electron chi connectivity index (χ1n) is 6.79. The molecule has 0 aliphatic rings. The van der Waals surface area contributed by atoms with Crippen LogP contribution in [0.2, 0.25) is 0 Å². The van der Waals surface area contributed by atoms with E-state index in [2.05, 4.69) is 5.32 Å². The first kappa shape index (κ1) is 15.1. The molecule has 0 fully saturated rings. The topological polar surface area (TPSA) is 55.2 Å². The molecule has 1 atom stereocenters. The van der Waals surface area contributed by atoms with E-state index in [-0.39, 0.29) is 17.5 Å². The minimum Gasteiger partial charge on any atom is -0.310 e. The Hall–Kier alpha value is -2.27. The van der Waals surface area contributed by atoms with E-state index in [0.717, 1.165) is 5.56 Å². The number of rotatable bonds is 6. The van der Waals surface area contributed by atoms with Gasteiger partial charge in [-0.25, -0.2) is 4.39 Å². The van der Waals surface area contributed by atoms with Gasteiger partial charge in [-0.2, -0.15) is 0 Å². The number of non-ortho nitro benzene ring substituents is 1. The normalized spacial score (nSPS) is 12.1. The molecule has 1 unspecified atom stereocenters. The molecule has 110 valence electrons. The molecule has 5 heteroatoms. The predicted octanol–water partition coefficient (Wildman–Crippen LogP) is 3.63. The Balaban J connectivity index is 1.88. The average molecular weight is 288 g/mol. The second-order valence-electron chi connectivity index (χ2n) is 4.87. The van der Waals surface area contributed by atoms with Crippen molar-refractivity contribution in [3.63, 3.8) is 0 Å². The standard InChI is InChI=1S/C16H17FN2O2/c1-12(13-6-8-15(9-7-13)19(20)21)18-11-10-14-4-2-3-5-16(14)17/h2-9,12,18H,10-11H2,1H3. The van der Waals surface area contributed by atoms with Gasteiger partial charge < -0.3 is 5.32 Å². The van der Waals surface area contributed by atoms with Crippen molar-refractivity contribution in [3.05, 3.63) is 75.6 Å². The summed E-state index contributed by atoms with van der Waals surface area (Å²) in [6, 6.07) is 13.2. The van der Waals surface area contributed by atoms with Crippen molar-refractivity contribution in [2.24, 2.45) is 0 Å². The lowest BCUT2D eigenvalue weighted by molar-refractivity contribution is -0.384. The molecule has 21 heavy (non-hydrogen) atoms. The van der Waals surface area contributed by atoms with E-state index in [1.807, 2.05) is 13.0 Å². The third kappa shape index (κ3) is 4.10. The summed E-state index contributed by atoms with van der Waals surface area (Å²) in [6.45, 7) is 2.61. The van der Waals surface area contributed by atoms with E-state index in [9.17, 15) is 14.5 Å². The zero-order valence-electron chi connectivity index (χ0n) is 11.8. The molecule has 1 N–H and O–H groups in total. The fourth-order valence-electron chi connectivity index (χ4n) is 2.13. The van der Waals surface area contributed by atoms with Crippen LogP contribution in [0.15, 0.2) is 48.5 Å². The van der Waals surface area contributed by atoms with Crippen LogP contribution in [0.25, 0.3) is 0 Å². The minimum absolute atomic E-state index is 0.0533. The van der Waals surface area contributed by atoms with Gasteiger partial charge in [0.2, 0.25) is 0 Å². The number of benzene rings is 2. The Labute approximate surface area is 122 Å². The highest BCUT2D eigenvalue weighted by Crippen LogP contribution is 2.17.